The number of rotatable bonds is 4. The Morgan fingerprint density at radius 2 is 1.77 bits per heavy atom. The summed E-state index contributed by atoms with van der Waals surface area (Å²) in [6.07, 6.45) is 0. The average Bonchev–Trinajstić information content (AvgIpc) is 2.54. The van der Waals surface area contributed by atoms with Crippen molar-refractivity contribution in [2.24, 2.45) is 10.9 Å². The van der Waals surface area contributed by atoms with Gasteiger partial charge in [0.1, 0.15) is 11.3 Å². The highest BCUT2D eigenvalue weighted by molar-refractivity contribution is 6.00. The number of oxime groups is 1. The maximum Gasteiger partial charge on any atom is 0.369 e. The lowest BCUT2D eigenvalue weighted by Crippen LogP contribution is -2.17. The van der Waals surface area contributed by atoms with E-state index in [4.69, 9.17) is 21.0 Å². The maximum absolute atomic E-state index is 12.0. The van der Waals surface area contributed by atoms with Gasteiger partial charge in [-0.2, -0.15) is 0 Å². The van der Waals surface area contributed by atoms with E-state index >= 15 is 0 Å². The lowest BCUT2D eigenvalue weighted by molar-refractivity contribution is 0.0512. The number of hydrogen-bond donors (Lipinski definition) is 2. The molecule has 0 aliphatic heterocycles. The normalized spacial score (nSPS) is 11.1. The Morgan fingerprint density at radius 1 is 1.09 bits per heavy atom. The molecule has 0 saturated carbocycles. The topological polar surface area (TPSA) is 99.9 Å². The minimum Gasteiger partial charge on any atom is -0.496 e. The molecule has 0 aromatic heterocycles. The zero-order chi connectivity index (χ0) is 16.1. The van der Waals surface area contributed by atoms with Gasteiger partial charge in [-0.15, -0.1) is 0 Å². The first-order chi connectivity index (χ1) is 10.5. The second-order valence-corrected chi connectivity index (χ2v) is 4.58. The number of carbonyl (C=O) groups excluding carboxylic acids is 1. The van der Waals surface area contributed by atoms with Gasteiger partial charge in [-0.05, 0) is 30.7 Å². The molecule has 0 aliphatic carbocycles. The summed E-state index contributed by atoms with van der Waals surface area (Å²) in [4.78, 5) is 16.9. The third-order valence-corrected chi connectivity index (χ3v) is 3.21. The summed E-state index contributed by atoms with van der Waals surface area (Å²) in [6.45, 7) is 1.81. The summed E-state index contributed by atoms with van der Waals surface area (Å²) in [5.41, 5.74) is 13.9. The fourth-order valence-electron chi connectivity index (χ4n) is 1.93. The Bertz CT molecular complexity index is 726. The first-order valence-corrected chi connectivity index (χ1v) is 6.58. The van der Waals surface area contributed by atoms with Crippen LogP contribution in [-0.4, -0.2) is 18.9 Å². The van der Waals surface area contributed by atoms with E-state index in [0.29, 0.717) is 17.0 Å². The van der Waals surface area contributed by atoms with Crippen molar-refractivity contribution in [1.82, 2.24) is 0 Å². The Balaban J connectivity index is 2.20. The van der Waals surface area contributed by atoms with E-state index < -0.39 is 5.97 Å². The van der Waals surface area contributed by atoms with E-state index in [1.807, 2.05) is 6.92 Å². The standard InChI is InChI=1S/C16H17N3O3/c1-10-11(7-5-8-13(10)17)15(18)19-22-16(20)12-6-3-4-9-14(12)21-2/h3-9H,17H2,1-2H3,(H2,18,19). The van der Waals surface area contributed by atoms with Crippen molar-refractivity contribution in [3.63, 3.8) is 0 Å². The van der Waals surface area contributed by atoms with Crippen molar-refractivity contribution in [2.45, 2.75) is 6.92 Å². The van der Waals surface area contributed by atoms with Crippen LogP contribution in [0.2, 0.25) is 0 Å². The SMILES string of the molecule is COc1ccccc1C(=O)O/N=C(\N)c1cccc(N)c1C. The first kappa shape index (κ1) is 15.4. The molecule has 6 nitrogen and oxygen atoms in total. The Hall–Kier alpha value is -3.02. The summed E-state index contributed by atoms with van der Waals surface area (Å²) in [5.74, 6) is -0.170. The number of amidine groups is 1. The Kier molecular flexibility index (Phi) is 4.63. The largest absolute Gasteiger partial charge is 0.496 e. The van der Waals surface area contributed by atoms with Crippen molar-refractivity contribution in [1.29, 1.82) is 0 Å². The lowest BCUT2D eigenvalue weighted by atomic mass is 10.1. The van der Waals surface area contributed by atoms with Gasteiger partial charge in [-0.1, -0.05) is 29.4 Å². The number of para-hydroxylation sites is 1. The lowest BCUT2D eigenvalue weighted by Gasteiger charge is -2.08. The van der Waals surface area contributed by atoms with Crippen molar-refractivity contribution >= 4 is 17.5 Å². The molecule has 0 amide bonds. The highest BCUT2D eigenvalue weighted by atomic mass is 16.7. The zero-order valence-corrected chi connectivity index (χ0v) is 12.4. The molecular weight excluding hydrogens is 282 g/mol. The number of benzene rings is 2. The third kappa shape index (κ3) is 3.17. The quantitative estimate of drug-likeness (QED) is 0.296. The van der Waals surface area contributed by atoms with Crippen LogP contribution in [0.3, 0.4) is 0 Å². The van der Waals surface area contributed by atoms with E-state index in [2.05, 4.69) is 5.16 Å². The molecule has 0 atom stereocenters. The number of methoxy groups -OCH3 is 1. The van der Waals surface area contributed by atoms with Crippen molar-refractivity contribution in [2.75, 3.05) is 12.8 Å². The molecule has 6 heteroatoms. The van der Waals surface area contributed by atoms with Crippen molar-refractivity contribution < 1.29 is 14.4 Å². The zero-order valence-electron chi connectivity index (χ0n) is 12.4. The number of ether oxygens (including phenoxy) is 1. The molecule has 0 saturated heterocycles. The van der Waals surface area contributed by atoms with E-state index in [0.717, 1.165) is 5.56 Å². The predicted molar refractivity (Wildman–Crippen MR) is 84.7 cm³/mol. The Morgan fingerprint density at radius 3 is 2.50 bits per heavy atom. The van der Waals surface area contributed by atoms with Crippen LogP contribution in [-0.2, 0) is 4.84 Å². The van der Waals surface area contributed by atoms with Crippen LogP contribution >= 0.6 is 0 Å². The molecule has 22 heavy (non-hydrogen) atoms. The summed E-state index contributed by atoms with van der Waals surface area (Å²) in [6, 6.07) is 12.0. The summed E-state index contributed by atoms with van der Waals surface area (Å²) >= 11 is 0. The van der Waals surface area contributed by atoms with Gasteiger partial charge in [-0.3, -0.25) is 0 Å². The van der Waals surface area contributed by atoms with Gasteiger partial charge in [0.05, 0.1) is 7.11 Å². The molecule has 0 heterocycles. The van der Waals surface area contributed by atoms with Crippen molar-refractivity contribution in [3.8, 4) is 5.75 Å². The molecule has 0 fully saturated rings. The van der Waals surface area contributed by atoms with Gasteiger partial charge in [0.2, 0.25) is 0 Å². The number of hydrogen-bond acceptors (Lipinski definition) is 5. The van der Waals surface area contributed by atoms with Gasteiger partial charge < -0.3 is 21.0 Å². The minimum absolute atomic E-state index is 0.0769. The molecule has 0 unspecified atom stereocenters. The van der Waals surface area contributed by atoms with Crippen LogP contribution in [0.5, 0.6) is 5.75 Å². The van der Waals surface area contributed by atoms with Gasteiger partial charge in [-0.25, -0.2) is 4.79 Å². The van der Waals surface area contributed by atoms with E-state index in [-0.39, 0.29) is 11.4 Å². The average molecular weight is 299 g/mol. The van der Waals surface area contributed by atoms with Crippen molar-refractivity contribution in [3.05, 3.63) is 59.2 Å². The predicted octanol–water partition coefficient (Wildman–Crippen LogP) is 2.06. The molecule has 0 spiro atoms. The first-order valence-electron chi connectivity index (χ1n) is 6.58. The van der Waals surface area contributed by atoms with Crippen LogP contribution in [0, 0.1) is 6.92 Å². The van der Waals surface area contributed by atoms with E-state index in [1.165, 1.54) is 7.11 Å². The molecule has 2 aromatic carbocycles. The monoisotopic (exact) mass is 299 g/mol. The van der Waals surface area contributed by atoms with Crippen LogP contribution in [0.15, 0.2) is 47.6 Å². The van der Waals surface area contributed by atoms with Crippen LogP contribution in [0.1, 0.15) is 21.5 Å². The van der Waals surface area contributed by atoms with Gasteiger partial charge in [0.25, 0.3) is 0 Å². The van der Waals surface area contributed by atoms with Crippen LogP contribution < -0.4 is 16.2 Å². The van der Waals surface area contributed by atoms with Crippen LogP contribution in [0.4, 0.5) is 5.69 Å². The van der Waals surface area contributed by atoms with Gasteiger partial charge in [0.15, 0.2) is 5.84 Å². The number of nitrogens with two attached hydrogens (primary N) is 2. The molecule has 4 N–H and O–H groups in total. The second-order valence-electron chi connectivity index (χ2n) is 4.58. The smallest absolute Gasteiger partial charge is 0.369 e. The van der Waals surface area contributed by atoms with Gasteiger partial charge in [0, 0.05) is 11.3 Å². The molecule has 114 valence electrons. The number of anilines is 1. The number of nitrogens with zero attached hydrogens (tertiary/aromatic N) is 1. The highest BCUT2D eigenvalue weighted by Gasteiger charge is 2.14. The number of nitrogen functional groups attached to an aromatic ring is 1. The molecule has 2 aromatic rings. The van der Waals surface area contributed by atoms with E-state index in [9.17, 15) is 4.79 Å². The number of carbonyl (C=O) groups is 1. The third-order valence-electron chi connectivity index (χ3n) is 3.21. The summed E-state index contributed by atoms with van der Waals surface area (Å²) in [5, 5.41) is 3.68. The maximum atomic E-state index is 12.0. The fraction of sp³-hybridized carbons (Fsp3) is 0.125. The molecule has 0 radical (unpaired) electrons. The van der Waals surface area contributed by atoms with Crippen LogP contribution in [0.25, 0.3) is 0 Å². The van der Waals surface area contributed by atoms with Gasteiger partial charge >= 0.3 is 5.97 Å². The molecule has 2 rings (SSSR count). The summed E-state index contributed by atoms with van der Waals surface area (Å²) in [7, 11) is 1.47. The fourth-order valence-corrected chi connectivity index (χ4v) is 1.93. The Labute approximate surface area is 128 Å². The summed E-state index contributed by atoms with van der Waals surface area (Å²) < 4.78 is 5.10. The molecular formula is C16H17N3O3. The highest BCUT2D eigenvalue weighted by Crippen LogP contribution is 2.19. The molecule has 0 aliphatic rings. The minimum atomic E-state index is -0.651. The second kappa shape index (κ2) is 6.62. The van der Waals surface area contributed by atoms with E-state index in [1.54, 1.807) is 42.5 Å². The molecule has 0 bridgehead atoms.